The summed E-state index contributed by atoms with van der Waals surface area (Å²) in [7, 11) is 0. The maximum absolute atomic E-state index is 13.7. The van der Waals surface area contributed by atoms with Gasteiger partial charge in [0, 0.05) is 31.0 Å². The summed E-state index contributed by atoms with van der Waals surface area (Å²) in [6.07, 6.45) is 2.41. The molecule has 1 unspecified atom stereocenters. The molecule has 7 nitrogen and oxygen atoms in total. The molecular formula is C24H29N3O4. The highest BCUT2D eigenvalue weighted by Gasteiger charge is 2.50. The highest BCUT2D eigenvalue weighted by Crippen LogP contribution is 2.47. The number of aliphatic hydroxyl groups is 1. The molecule has 1 saturated heterocycles. The van der Waals surface area contributed by atoms with E-state index in [9.17, 15) is 9.90 Å². The second-order valence-electron chi connectivity index (χ2n) is 9.49. The molecule has 2 aliphatic heterocycles. The highest BCUT2D eigenvalue weighted by molar-refractivity contribution is 5.96. The number of β-amino-alcohol motifs (C(OH)–C–C–N with tert-alkyl or cyclic N) is 1. The fraction of sp³-hybridized carbons (Fsp3) is 0.542. The summed E-state index contributed by atoms with van der Waals surface area (Å²) in [4.78, 5) is 21.5. The van der Waals surface area contributed by atoms with E-state index in [2.05, 4.69) is 28.5 Å². The molecule has 31 heavy (non-hydrogen) atoms. The van der Waals surface area contributed by atoms with E-state index in [4.69, 9.17) is 9.36 Å². The molecule has 3 heterocycles. The second kappa shape index (κ2) is 7.48. The molecule has 1 amide bonds. The number of nitrogens with zero attached hydrogens (tertiary/aromatic N) is 3. The van der Waals surface area contributed by atoms with Gasteiger partial charge in [-0.05, 0) is 31.2 Å². The monoisotopic (exact) mass is 423 g/mol. The predicted octanol–water partition coefficient (Wildman–Crippen LogP) is 3.30. The molecule has 7 heteroatoms. The zero-order valence-electron chi connectivity index (χ0n) is 18.2. The quantitative estimate of drug-likeness (QED) is 0.815. The van der Waals surface area contributed by atoms with Crippen LogP contribution in [-0.2, 0) is 21.7 Å². The maximum Gasteiger partial charge on any atom is 0.234 e. The van der Waals surface area contributed by atoms with Crippen molar-refractivity contribution in [1.82, 2.24) is 10.1 Å². The molecule has 1 N–H and O–H groups in total. The van der Waals surface area contributed by atoms with Crippen molar-refractivity contribution < 1.29 is 19.3 Å². The van der Waals surface area contributed by atoms with E-state index in [1.807, 2.05) is 32.9 Å². The molecule has 164 valence electrons. The largest absolute Gasteiger partial charge is 0.391 e. The minimum atomic E-state index is -0.576. The summed E-state index contributed by atoms with van der Waals surface area (Å²) < 4.78 is 5.46. The van der Waals surface area contributed by atoms with Crippen LogP contribution in [0.3, 0.4) is 0 Å². The van der Waals surface area contributed by atoms with Crippen LogP contribution in [0.25, 0.3) is 0 Å². The molecular weight excluding hydrogens is 394 g/mol. The summed E-state index contributed by atoms with van der Waals surface area (Å²) in [5.74, 6) is 0.109. The van der Waals surface area contributed by atoms with Crippen molar-refractivity contribution in [3.05, 3.63) is 52.9 Å². The average Bonchev–Trinajstić information content (AvgIpc) is 3.51. The molecule has 2 aromatic rings. The van der Waals surface area contributed by atoms with Gasteiger partial charge in [-0.2, -0.15) is 0 Å². The van der Waals surface area contributed by atoms with Gasteiger partial charge in [0.25, 0.3) is 0 Å². The minimum absolute atomic E-state index is 0.0352. The summed E-state index contributed by atoms with van der Waals surface area (Å²) in [5.41, 5.74) is 3.66. The lowest BCUT2D eigenvalue weighted by atomic mass is 9.87. The van der Waals surface area contributed by atoms with Crippen LogP contribution in [0.15, 0.2) is 40.0 Å². The Kier molecular flexibility index (Phi) is 4.88. The third-order valence-electron chi connectivity index (χ3n) is 6.94. The van der Waals surface area contributed by atoms with E-state index >= 15 is 0 Å². The number of aromatic nitrogens is 1. The number of carbonyl (C=O) groups excluding carboxylic acids is 1. The van der Waals surface area contributed by atoms with Crippen molar-refractivity contribution in [1.29, 1.82) is 0 Å². The maximum atomic E-state index is 13.7. The number of aliphatic hydroxyl groups excluding tert-OH is 1. The zero-order chi connectivity index (χ0) is 21.8. The van der Waals surface area contributed by atoms with E-state index in [1.165, 1.54) is 11.1 Å². The van der Waals surface area contributed by atoms with Gasteiger partial charge < -0.3 is 19.4 Å². The summed E-state index contributed by atoms with van der Waals surface area (Å²) in [5, 5.41) is 18.9. The SMILES string of the molecule is Cc1cc([C@@H](C(=O)N2C[C@H](O)C[C@H]2C2=NOC3(CCc4ccccc43)C2)C(C)C)on1. The van der Waals surface area contributed by atoms with E-state index in [-0.39, 0.29) is 17.9 Å². The third kappa shape index (κ3) is 3.35. The summed E-state index contributed by atoms with van der Waals surface area (Å²) in [6.45, 7) is 6.15. The molecule has 1 fully saturated rings. The first-order chi connectivity index (χ1) is 14.9. The van der Waals surface area contributed by atoms with Crippen molar-refractivity contribution in [2.45, 2.75) is 70.1 Å². The van der Waals surface area contributed by atoms with Crippen molar-refractivity contribution in [2.24, 2.45) is 11.1 Å². The van der Waals surface area contributed by atoms with Crippen LogP contribution >= 0.6 is 0 Å². The molecule has 0 bridgehead atoms. The Morgan fingerprint density at radius 3 is 2.87 bits per heavy atom. The van der Waals surface area contributed by atoms with Crippen LogP contribution in [0.2, 0.25) is 0 Å². The Morgan fingerprint density at radius 2 is 2.13 bits per heavy atom. The summed E-state index contributed by atoms with van der Waals surface area (Å²) >= 11 is 0. The number of amides is 1. The van der Waals surface area contributed by atoms with Crippen LogP contribution in [-0.4, -0.2) is 45.5 Å². The Bertz CT molecular complexity index is 1030. The van der Waals surface area contributed by atoms with Gasteiger partial charge in [0.1, 0.15) is 11.7 Å². The molecule has 1 aromatic carbocycles. The fourth-order valence-corrected chi connectivity index (χ4v) is 5.43. The average molecular weight is 424 g/mol. The normalized spacial score (nSPS) is 28.2. The number of hydrogen-bond donors (Lipinski definition) is 1. The van der Waals surface area contributed by atoms with Crippen LogP contribution in [0.1, 0.15) is 61.6 Å². The van der Waals surface area contributed by atoms with Gasteiger partial charge in [0.05, 0.1) is 23.6 Å². The van der Waals surface area contributed by atoms with Gasteiger partial charge >= 0.3 is 0 Å². The number of aryl methyl sites for hydroxylation is 2. The first kappa shape index (κ1) is 20.2. The van der Waals surface area contributed by atoms with Crippen LogP contribution in [0, 0.1) is 12.8 Å². The second-order valence-corrected chi connectivity index (χ2v) is 9.49. The van der Waals surface area contributed by atoms with E-state index in [0.717, 1.165) is 24.2 Å². The Hall–Kier alpha value is -2.67. The first-order valence-electron chi connectivity index (χ1n) is 11.1. The number of benzene rings is 1. The molecule has 1 spiro atoms. The Morgan fingerprint density at radius 1 is 1.32 bits per heavy atom. The van der Waals surface area contributed by atoms with Crippen molar-refractivity contribution in [2.75, 3.05) is 6.54 Å². The molecule has 1 aliphatic carbocycles. The van der Waals surface area contributed by atoms with Crippen LogP contribution in [0.5, 0.6) is 0 Å². The molecule has 0 radical (unpaired) electrons. The van der Waals surface area contributed by atoms with Crippen LogP contribution in [0.4, 0.5) is 0 Å². The first-order valence-corrected chi connectivity index (χ1v) is 11.1. The van der Waals surface area contributed by atoms with Gasteiger partial charge in [-0.3, -0.25) is 4.79 Å². The van der Waals surface area contributed by atoms with Crippen molar-refractivity contribution >= 4 is 11.6 Å². The molecule has 0 saturated carbocycles. The van der Waals surface area contributed by atoms with Gasteiger partial charge in [-0.25, -0.2) is 0 Å². The Balaban J connectivity index is 1.40. The van der Waals surface area contributed by atoms with Gasteiger partial charge in [0.2, 0.25) is 5.91 Å². The lowest BCUT2D eigenvalue weighted by Crippen LogP contribution is -2.44. The predicted molar refractivity (Wildman–Crippen MR) is 115 cm³/mol. The zero-order valence-corrected chi connectivity index (χ0v) is 18.2. The fourth-order valence-electron chi connectivity index (χ4n) is 5.43. The lowest BCUT2D eigenvalue weighted by Gasteiger charge is -2.29. The molecule has 5 rings (SSSR count). The van der Waals surface area contributed by atoms with Crippen LogP contribution < -0.4 is 0 Å². The topological polar surface area (TPSA) is 88.2 Å². The number of rotatable bonds is 4. The van der Waals surface area contributed by atoms with Crippen molar-refractivity contribution in [3.8, 4) is 0 Å². The standard InChI is InChI=1S/C24H29N3O4/c1-14(2)22(21-10-15(3)25-30-21)23(29)27-13-17(28)11-20(27)19-12-24(31-26-19)9-8-16-6-4-5-7-18(16)24/h4-7,10,14,17,20,22,28H,8-9,11-13H2,1-3H3/t17-,20+,22+,24?/m1/s1. The number of likely N-dealkylation sites (tertiary alicyclic amines) is 1. The van der Waals surface area contributed by atoms with E-state index in [0.29, 0.717) is 25.1 Å². The van der Waals surface area contributed by atoms with Crippen molar-refractivity contribution in [3.63, 3.8) is 0 Å². The van der Waals surface area contributed by atoms with Gasteiger partial charge in [-0.1, -0.05) is 48.4 Å². The number of carbonyl (C=O) groups is 1. The van der Waals surface area contributed by atoms with Gasteiger partial charge in [-0.15, -0.1) is 0 Å². The molecule has 1 aromatic heterocycles. The van der Waals surface area contributed by atoms with E-state index in [1.54, 1.807) is 4.90 Å². The number of fused-ring (bicyclic) bond motifs is 2. The van der Waals surface area contributed by atoms with Gasteiger partial charge in [0.15, 0.2) is 5.60 Å². The molecule has 4 atom stereocenters. The minimum Gasteiger partial charge on any atom is -0.391 e. The smallest absolute Gasteiger partial charge is 0.234 e. The number of hydrogen-bond acceptors (Lipinski definition) is 6. The highest BCUT2D eigenvalue weighted by atomic mass is 16.7. The number of oxime groups is 1. The lowest BCUT2D eigenvalue weighted by molar-refractivity contribution is -0.134. The molecule has 3 aliphatic rings. The Labute approximate surface area is 182 Å². The summed E-state index contributed by atoms with van der Waals surface area (Å²) in [6, 6.07) is 9.92. The van der Waals surface area contributed by atoms with E-state index < -0.39 is 17.6 Å². The third-order valence-corrected chi connectivity index (χ3v) is 6.94.